The summed E-state index contributed by atoms with van der Waals surface area (Å²) in [5.74, 6) is -0.251. The fourth-order valence-electron chi connectivity index (χ4n) is 1.02. The van der Waals surface area contributed by atoms with Crippen LogP contribution in [-0.4, -0.2) is 11.7 Å². The molecular weight excluding hydrogens is 210 g/mol. The summed E-state index contributed by atoms with van der Waals surface area (Å²) in [7, 11) is 0. The third kappa shape index (κ3) is 1.81. The molecule has 0 spiro atoms. The predicted octanol–water partition coefficient (Wildman–Crippen LogP) is 0.979. The standard InChI is InChI=1S/C7H7N3OS.ClH/c8-5(11)6-9-3-4-1-2-12-7(4)10-6;/h1-2H,3H2,(H2,8,11)(H,9,10);1H. The van der Waals surface area contributed by atoms with Gasteiger partial charge in [-0.2, -0.15) is 0 Å². The van der Waals surface area contributed by atoms with Crippen LogP contribution < -0.4 is 11.1 Å². The normalized spacial score (nSPS) is 13.4. The smallest absolute Gasteiger partial charge is 0.284 e. The van der Waals surface area contributed by atoms with E-state index in [4.69, 9.17) is 5.73 Å². The molecule has 0 bridgehead atoms. The van der Waals surface area contributed by atoms with Crippen LogP contribution in [0, 0.1) is 0 Å². The Morgan fingerprint density at radius 3 is 3.15 bits per heavy atom. The zero-order chi connectivity index (χ0) is 8.55. The SMILES string of the molecule is Cl.NC(=O)C1=NCc2ccsc2N1. The second-order valence-electron chi connectivity index (χ2n) is 2.43. The molecule has 0 aliphatic carbocycles. The molecule has 3 N–H and O–H groups in total. The highest BCUT2D eigenvalue weighted by Gasteiger charge is 2.15. The van der Waals surface area contributed by atoms with Crippen molar-refractivity contribution < 1.29 is 4.79 Å². The Morgan fingerprint density at radius 1 is 1.69 bits per heavy atom. The molecule has 1 aromatic heterocycles. The number of hydrogen-bond acceptors (Lipinski definition) is 4. The van der Waals surface area contributed by atoms with Crippen LogP contribution in [0.5, 0.6) is 0 Å². The van der Waals surface area contributed by atoms with E-state index in [2.05, 4.69) is 10.3 Å². The number of nitrogens with two attached hydrogens (primary N) is 1. The van der Waals surface area contributed by atoms with E-state index in [0.29, 0.717) is 6.54 Å². The second kappa shape index (κ2) is 3.76. The number of primary amides is 1. The quantitative estimate of drug-likeness (QED) is 0.737. The van der Waals surface area contributed by atoms with Crippen LogP contribution in [0.15, 0.2) is 16.4 Å². The van der Waals surface area contributed by atoms with E-state index in [1.165, 1.54) is 0 Å². The third-order valence-electron chi connectivity index (χ3n) is 1.62. The monoisotopic (exact) mass is 217 g/mol. The van der Waals surface area contributed by atoms with Gasteiger partial charge in [0.25, 0.3) is 5.91 Å². The molecule has 0 atom stereocenters. The summed E-state index contributed by atoms with van der Waals surface area (Å²) in [6, 6.07) is 1.98. The number of aliphatic imine (C=N–C) groups is 1. The summed E-state index contributed by atoms with van der Waals surface area (Å²) in [6.07, 6.45) is 0. The summed E-state index contributed by atoms with van der Waals surface area (Å²) >= 11 is 1.55. The van der Waals surface area contributed by atoms with Crippen molar-refractivity contribution in [2.24, 2.45) is 10.7 Å². The molecule has 0 radical (unpaired) electrons. The first-order valence-corrected chi connectivity index (χ1v) is 4.33. The Morgan fingerprint density at radius 2 is 2.46 bits per heavy atom. The lowest BCUT2D eigenvalue weighted by atomic mass is 10.3. The van der Waals surface area contributed by atoms with Gasteiger partial charge in [-0.25, -0.2) is 0 Å². The minimum Gasteiger partial charge on any atom is -0.363 e. The number of carbonyl (C=O) groups excluding carboxylic acids is 1. The molecule has 1 aliphatic rings. The predicted molar refractivity (Wildman–Crippen MR) is 55.5 cm³/mol. The van der Waals surface area contributed by atoms with Gasteiger partial charge in [-0.05, 0) is 11.4 Å². The number of fused-ring (bicyclic) bond motifs is 1. The van der Waals surface area contributed by atoms with Gasteiger partial charge in [0, 0.05) is 5.56 Å². The first-order chi connectivity index (χ1) is 5.77. The van der Waals surface area contributed by atoms with Gasteiger partial charge in [0.05, 0.1) is 11.5 Å². The van der Waals surface area contributed by atoms with Gasteiger partial charge in [-0.15, -0.1) is 23.7 Å². The summed E-state index contributed by atoms with van der Waals surface area (Å²) < 4.78 is 0. The molecule has 1 aromatic rings. The maximum absolute atomic E-state index is 10.7. The maximum Gasteiger partial charge on any atom is 0.284 e. The average molecular weight is 218 g/mol. The van der Waals surface area contributed by atoms with E-state index in [0.717, 1.165) is 10.6 Å². The van der Waals surface area contributed by atoms with E-state index in [1.54, 1.807) is 11.3 Å². The number of amidine groups is 1. The number of amides is 1. The Balaban J connectivity index is 0.000000845. The molecule has 2 rings (SSSR count). The van der Waals surface area contributed by atoms with Crippen LogP contribution in [0.1, 0.15) is 5.56 Å². The lowest BCUT2D eigenvalue weighted by molar-refractivity contribution is -0.112. The highest BCUT2D eigenvalue weighted by Crippen LogP contribution is 2.26. The van der Waals surface area contributed by atoms with Crippen molar-refractivity contribution >= 4 is 40.5 Å². The molecule has 0 fully saturated rings. The first-order valence-electron chi connectivity index (χ1n) is 3.45. The molecule has 0 saturated heterocycles. The minimum atomic E-state index is -0.506. The average Bonchev–Trinajstić information content (AvgIpc) is 2.49. The molecule has 0 saturated carbocycles. The first kappa shape index (κ1) is 10.0. The fourth-order valence-corrected chi connectivity index (χ4v) is 1.83. The number of hydrogen-bond donors (Lipinski definition) is 2. The van der Waals surface area contributed by atoms with Gasteiger partial charge < -0.3 is 11.1 Å². The highest BCUT2D eigenvalue weighted by atomic mass is 35.5. The lowest BCUT2D eigenvalue weighted by Crippen LogP contribution is -2.31. The number of rotatable bonds is 1. The second-order valence-corrected chi connectivity index (χ2v) is 3.35. The van der Waals surface area contributed by atoms with Crippen LogP contribution in [-0.2, 0) is 11.3 Å². The van der Waals surface area contributed by atoms with E-state index in [9.17, 15) is 4.79 Å². The largest absolute Gasteiger partial charge is 0.363 e. The van der Waals surface area contributed by atoms with Crippen molar-refractivity contribution in [3.63, 3.8) is 0 Å². The van der Waals surface area contributed by atoms with Crippen molar-refractivity contribution in [2.75, 3.05) is 5.32 Å². The van der Waals surface area contributed by atoms with E-state index >= 15 is 0 Å². The minimum absolute atomic E-state index is 0. The van der Waals surface area contributed by atoms with Crippen molar-refractivity contribution in [3.05, 3.63) is 17.0 Å². The van der Waals surface area contributed by atoms with Gasteiger partial charge in [-0.3, -0.25) is 9.79 Å². The third-order valence-corrected chi connectivity index (χ3v) is 2.49. The highest BCUT2D eigenvalue weighted by molar-refractivity contribution is 7.14. The Bertz CT molecular complexity index is 360. The van der Waals surface area contributed by atoms with Crippen molar-refractivity contribution in [1.82, 2.24) is 0 Å². The van der Waals surface area contributed by atoms with E-state index in [1.807, 2.05) is 11.4 Å². The number of nitrogens with zero attached hydrogens (tertiary/aromatic N) is 1. The van der Waals surface area contributed by atoms with Crippen LogP contribution in [0.25, 0.3) is 0 Å². The molecule has 4 nitrogen and oxygen atoms in total. The molecule has 0 unspecified atom stereocenters. The van der Waals surface area contributed by atoms with Crippen LogP contribution in [0.3, 0.4) is 0 Å². The Hall–Kier alpha value is -1.07. The Kier molecular flexibility index (Phi) is 2.90. The zero-order valence-electron chi connectivity index (χ0n) is 6.61. The van der Waals surface area contributed by atoms with Gasteiger partial charge >= 0.3 is 0 Å². The van der Waals surface area contributed by atoms with Crippen molar-refractivity contribution in [3.8, 4) is 0 Å². The summed E-state index contributed by atoms with van der Waals surface area (Å²) in [4.78, 5) is 14.7. The molecule has 0 aromatic carbocycles. The number of anilines is 1. The number of carbonyl (C=O) groups is 1. The summed E-state index contributed by atoms with van der Waals surface area (Å²) in [5.41, 5.74) is 6.18. The van der Waals surface area contributed by atoms with Crippen LogP contribution in [0.2, 0.25) is 0 Å². The molecule has 1 amide bonds. The number of nitrogens with one attached hydrogen (secondary N) is 1. The molecular formula is C7H8ClN3OS. The summed E-state index contributed by atoms with van der Waals surface area (Å²) in [5, 5.41) is 5.80. The molecule has 2 heterocycles. The molecule has 6 heteroatoms. The zero-order valence-corrected chi connectivity index (χ0v) is 8.24. The maximum atomic E-state index is 10.7. The molecule has 13 heavy (non-hydrogen) atoms. The van der Waals surface area contributed by atoms with Crippen LogP contribution >= 0.6 is 23.7 Å². The van der Waals surface area contributed by atoms with Gasteiger partial charge in [-0.1, -0.05) is 0 Å². The van der Waals surface area contributed by atoms with Crippen LogP contribution in [0.4, 0.5) is 5.00 Å². The topological polar surface area (TPSA) is 67.5 Å². The van der Waals surface area contributed by atoms with Gasteiger partial charge in [0.15, 0.2) is 5.84 Å². The van der Waals surface area contributed by atoms with E-state index < -0.39 is 5.91 Å². The van der Waals surface area contributed by atoms with Gasteiger partial charge in [0.1, 0.15) is 0 Å². The molecule has 70 valence electrons. The lowest BCUT2D eigenvalue weighted by Gasteiger charge is -2.11. The fraction of sp³-hybridized carbons (Fsp3) is 0.143. The molecule has 1 aliphatic heterocycles. The van der Waals surface area contributed by atoms with Crippen molar-refractivity contribution in [2.45, 2.75) is 6.54 Å². The summed E-state index contributed by atoms with van der Waals surface area (Å²) in [6.45, 7) is 0.546. The van der Waals surface area contributed by atoms with Crippen molar-refractivity contribution in [1.29, 1.82) is 0 Å². The van der Waals surface area contributed by atoms with Gasteiger partial charge in [0.2, 0.25) is 0 Å². The van der Waals surface area contributed by atoms with E-state index in [-0.39, 0.29) is 18.2 Å². The Labute approximate surface area is 85.3 Å². The number of halogens is 1. The number of thiophene rings is 1.